The zero-order valence-corrected chi connectivity index (χ0v) is 12.1. The highest BCUT2D eigenvalue weighted by Crippen LogP contribution is 2.19. The fraction of sp³-hybridized carbons (Fsp3) is 0.125. The summed E-state index contributed by atoms with van der Waals surface area (Å²) in [5, 5.41) is 5.27. The van der Waals surface area contributed by atoms with E-state index in [-0.39, 0.29) is 17.2 Å². The molecule has 2 N–H and O–H groups in total. The van der Waals surface area contributed by atoms with E-state index < -0.39 is 11.7 Å². The van der Waals surface area contributed by atoms with Gasteiger partial charge in [-0.1, -0.05) is 0 Å². The zero-order chi connectivity index (χ0) is 16.1. The summed E-state index contributed by atoms with van der Waals surface area (Å²) in [5.74, 6) is -1.13. The Morgan fingerprint density at radius 3 is 2.09 bits per heavy atom. The van der Waals surface area contributed by atoms with E-state index in [9.17, 15) is 14.0 Å². The molecule has 0 saturated heterocycles. The van der Waals surface area contributed by atoms with Crippen molar-refractivity contribution >= 4 is 23.2 Å². The van der Waals surface area contributed by atoms with Crippen molar-refractivity contribution < 1.29 is 18.7 Å². The Labute approximate surface area is 127 Å². The minimum Gasteiger partial charge on any atom is -0.494 e. The summed E-state index contributed by atoms with van der Waals surface area (Å²) in [7, 11) is 1.36. The Hall–Kier alpha value is -2.89. The van der Waals surface area contributed by atoms with Gasteiger partial charge in [-0.2, -0.15) is 0 Å². The maximum absolute atomic E-state index is 13.6. The Balaban J connectivity index is 2.08. The number of ether oxygens (including phenoxy) is 1. The highest BCUT2D eigenvalue weighted by molar-refractivity contribution is 6.04. The lowest BCUT2D eigenvalue weighted by molar-refractivity contribution is -0.114. The average molecular weight is 302 g/mol. The molecule has 2 aromatic carbocycles. The molecule has 0 unspecified atom stereocenters. The van der Waals surface area contributed by atoms with Crippen molar-refractivity contribution in [3.05, 3.63) is 53.8 Å². The monoisotopic (exact) mass is 302 g/mol. The number of anilines is 2. The highest BCUT2D eigenvalue weighted by Gasteiger charge is 2.10. The van der Waals surface area contributed by atoms with Crippen LogP contribution in [0.1, 0.15) is 17.3 Å². The summed E-state index contributed by atoms with van der Waals surface area (Å²) in [6, 6.07) is 10.6. The van der Waals surface area contributed by atoms with Crippen molar-refractivity contribution in [3.63, 3.8) is 0 Å². The molecular formula is C16H15FN2O3. The number of carbonyl (C=O) groups is 2. The van der Waals surface area contributed by atoms with E-state index in [1.165, 1.54) is 26.2 Å². The van der Waals surface area contributed by atoms with Crippen molar-refractivity contribution in [1.29, 1.82) is 0 Å². The minimum absolute atomic E-state index is 0.0798. The molecule has 0 saturated carbocycles. The molecule has 0 radical (unpaired) electrons. The number of rotatable bonds is 4. The Kier molecular flexibility index (Phi) is 4.73. The van der Waals surface area contributed by atoms with E-state index in [0.29, 0.717) is 11.4 Å². The second kappa shape index (κ2) is 6.71. The van der Waals surface area contributed by atoms with E-state index in [2.05, 4.69) is 10.6 Å². The van der Waals surface area contributed by atoms with Crippen molar-refractivity contribution in [2.24, 2.45) is 0 Å². The van der Waals surface area contributed by atoms with E-state index in [0.717, 1.165) is 6.07 Å². The third-order valence-corrected chi connectivity index (χ3v) is 2.88. The Morgan fingerprint density at radius 1 is 1.00 bits per heavy atom. The number of hydrogen-bond donors (Lipinski definition) is 2. The third kappa shape index (κ3) is 3.82. The smallest absolute Gasteiger partial charge is 0.255 e. The van der Waals surface area contributed by atoms with Crippen LogP contribution < -0.4 is 15.4 Å². The molecule has 114 valence electrons. The molecule has 22 heavy (non-hydrogen) atoms. The first-order valence-electron chi connectivity index (χ1n) is 6.52. The van der Waals surface area contributed by atoms with Gasteiger partial charge in [-0.3, -0.25) is 9.59 Å². The SMILES string of the molecule is COc1ccc(C(=O)Nc2ccc(NC(C)=O)cc2)cc1F. The topological polar surface area (TPSA) is 67.4 Å². The molecule has 0 spiro atoms. The summed E-state index contributed by atoms with van der Waals surface area (Å²) < 4.78 is 18.4. The molecule has 0 aliphatic rings. The second-order valence-electron chi connectivity index (χ2n) is 4.56. The summed E-state index contributed by atoms with van der Waals surface area (Å²) in [4.78, 5) is 23.0. The molecule has 2 rings (SSSR count). The molecule has 0 aromatic heterocycles. The van der Waals surface area contributed by atoms with Crippen LogP contribution in [0.3, 0.4) is 0 Å². The van der Waals surface area contributed by atoms with Crippen molar-refractivity contribution in [1.82, 2.24) is 0 Å². The van der Waals surface area contributed by atoms with Crippen LogP contribution in [0.5, 0.6) is 5.75 Å². The first-order chi connectivity index (χ1) is 10.5. The second-order valence-corrected chi connectivity index (χ2v) is 4.56. The molecule has 2 amide bonds. The standard InChI is InChI=1S/C16H15FN2O3/c1-10(20)18-12-4-6-13(7-5-12)19-16(21)11-3-8-15(22-2)14(17)9-11/h3-9H,1-2H3,(H,18,20)(H,19,21). The maximum atomic E-state index is 13.6. The van der Waals surface area contributed by atoms with Gasteiger partial charge in [0.05, 0.1) is 7.11 Å². The first kappa shape index (κ1) is 15.5. The van der Waals surface area contributed by atoms with Crippen molar-refractivity contribution in [2.45, 2.75) is 6.92 Å². The van der Waals surface area contributed by atoms with Crippen LogP contribution in [0.4, 0.5) is 15.8 Å². The van der Waals surface area contributed by atoms with Gasteiger partial charge in [0.25, 0.3) is 5.91 Å². The molecule has 0 bridgehead atoms. The maximum Gasteiger partial charge on any atom is 0.255 e. The fourth-order valence-corrected chi connectivity index (χ4v) is 1.85. The average Bonchev–Trinajstić information content (AvgIpc) is 2.48. The van der Waals surface area contributed by atoms with E-state index >= 15 is 0 Å². The number of benzene rings is 2. The third-order valence-electron chi connectivity index (χ3n) is 2.88. The van der Waals surface area contributed by atoms with Gasteiger partial charge in [0.15, 0.2) is 11.6 Å². The van der Waals surface area contributed by atoms with Crippen LogP contribution in [0.25, 0.3) is 0 Å². The fourth-order valence-electron chi connectivity index (χ4n) is 1.85. The molecule has 5 nitrogen and oxygen atoms in total. The van der Waals surface area contributed by atoms with Gasteiger partial charge in [-0.15, -0.1) is 0 Å². The predicted octanol–water partition coefficient (Wildman–Crippen LogP) is 3.05. The number of halogens is 1. The Morgan fingerprint density at radius 2 is 1.59 bits per heavy atom. The quantitative estimate of drug-likeness (QED) is 0.912. The predicted molar refractivity (Wildman–Crippen MR) is 81.7 cm³/mol. The molecule has 0 aliphatic carbocycles. The van der Waals surface area contributed by atoms with Gasteiger partial charge in [0.2, 0.25) is 5.91 Å². The minimum atomic E-state index is -0.601. The number of amides is 2. The van der Waals surface area contributed by atoms with Crippen LogP contribution in [0, 0.1) is 5.82 Å². The zero-order valence-electron chi connectivity index (χ0n) is 12.1. The number of carbonyl (C=O) groups excluding carboxylic acids is 2. The first-order valence-corrected chi connectivity index (χ1v) is 6.52. The van der Waals surface area contributed by atoms with Gasteiger partial charge in [0.1, 0.15) is 0 Å². The lowest BCUT2D eigenvalue weighted by Crippen LogP contribution is -2.12. The molecule has 6 heteroatoms. The van der Waals surface area contributed by atoms with Gasteiger partial charge < -0.3 is 15.4 Å². The van der Waals surface area contributed by atoms with Gasteiger partial charge in [-0.25, -0.2) is 4.39 Å². The van der Waals surface area contributed by atoms with E-state index in [1.807, 2.05) is 0 Å². The lowest BCUT2D eigenvalue weighted by Gasteiger charge is -2.08. The molecule has 2 aromatic rings. The normalized spacial score (nSPS) is 9.95. The van der Waals surface area contributed by atoms with Crippen LogP contribution in [-0.2, 0) is 4.79 Å². The molecule has 0 atom stereocenters. The van der Waals surface area contributed by atoms with Crippen molar-refractivity contribution in [3.8, 4) is 5.75 Å². The largest absolute Gasteiger partial charge is 0.494 e. The summed E-state index contributed by atoms with van der Waals surface area (Å²) in [5.41, 5.74) is 1.35. The summed E-state index contributed by atoms with van der Waals surface area (Å²) in [6.45, 7) is 1.41. The van der Waals surface area contributed by atoms with Crippen LogP contribution >= 0.6 is 0 Å². The number of hydrogen-bond acceptors (Lipinski definition) is 3. The van der Waals surface area contributed by atoms with Gasteiger partial charge in [0, 0.05) is 23.9 Å². The molecular weight excluding hydrogens is 287 g/mol. The number of nitrogens with one attached hydrogen (secondary N) is 2. The Bertz CT molecular complexity index is 699. The molecule has 0 aliphatic heterocycles. The van der Waals surface area contributed by atoms with Crippen LogP contribution in [0.15, 0.2) is 42.5 Å². The number of methoxy groups -OCH3 is 1. The highest BCUT2D eigenvalue weighted by atomic mass is 19.1. The van der Waals surface area contributed by atoms with Crippen LogP contribution in [-0.4, -0.2) is 18.9 Å². The molecule has 0 heterocycles. The van der Waals surface area contributed by atoms with Gasteiger partial charge >= 0.3 is 0 Å². The molecule has 0 fully saturated rings. The lowest BCUT2D eigenvalue weighted by atomic mass is 10.2. The van der Waals surface area contributed by atoms with Crippen molar-refractivity contribution in [2.75, 3.05) is 17.7 Å². The van der Waals surface area contributed by atoms with E-state index in [1.54, 1.807) is 24.3 Å². The van der Waals surface area contributed by atoms with E-state index in [4.69, 9.17) is 4.74 Å². The van der Waals surface area contributed by atoms with Gasteiger partial charge in [-0.05, 0) is 42.5 Å². The summed E-state index contributed by atoms with van der Waals surface area (Å²) >= 11 is 0. The van der Waals surface area contributed by atoms with Crippen LogP contribution in [0.2, 0.25) is 0 Å². The summed E-state index contributed by atoms with van der Waals surface area (Å²) in [6.07, 6.45) is 0.